The quantitative estimate of drug-likeness (QED) is 0.898. The molecule has 6 heteroatoms. The van der Waals surface area contributed by atoms with E-state index >= 15 is 0 Å². The molecule has 0 radical (unpaired) electrons. The lowest BCUT2D eigenvalue weighted by molar-refractivity contribution is -0.142. The SMILES string of the molecule is O=C(Cc1ccc(Cl)s1)NC1CCC(C(=O)O)CC1. The van der Waals surface area contributed by atoms with Crippen molar-refractivity contribution in [3.8, 4) is 0 Å². The zero-order chi connectivity index (χ0) is 13.8. The molecule has 2 rings (SSSR count). The summed E-state index contributed by atoms with van der Waals surface area (Å²) in [7, 11) is 0. The van der Waals surface area contributed by atoms with Gasteiger partial charge in [-0.25, -0.2) is 0 Å². The van der Waals surface area contributed by atoms with E-state index in [0.29, 0.717) is 23.6 Å². The minimum absolute atomic E-state index is 0.0164. The summed E-state index contributed by atoms with van der Waals surface area (Å²) in [5.41, 5.74) is 0. The maximum atomic E-state index is 11.8. The first-order valence-corrected chi connectivity index (χ1v) is 7.50. The molecule has 1 saturated carbocycles. The molecule has 0 spiro atoms. The number of rotatable bonds is 4. The van der Waals surface area contributed by atoms with Gasteiger partial charge in [-0.2, -0.15) is 0 Å². The molecule has 104 valence electrons. The van der Waals surface area contributed by atoms with Crippen LogP contribution in [0.15, 0.2) is 12.1 Å². The smallest absolute Gasteiger partial charge is 0.306 e. The van der Waals surface area contributed by atoms with Crippen molar-refractivity contribution in [2.75, 3.05) is 0 Å². The second-order valence-electron chi connectivity index (χ2n) is 4.84. The van der Waals surface area contributed by atoms with Crippen LogP contribution in [0.1, 0.15) is 30.6 Å². The Morgan fingerprint density at radius 1 is 1.32 bits per heavy atom. The van der Waals surface area contributed by atoms with Crippen molar-refractivity contribution in [3.05, 3.63) is 21.3 Å². The second kappa shape index (κ2) is 6.39. The Morgan fingerprint density at radius 3 is 2.53 bits per heavy atom. The lowest BCUT2D eigenvalue weighted by atomic mass is 9.86. The molecule has 1 fully saturated rings. The number of thiophene rings is 1. The molecule has 1 aromatic heterocycles. The van der Waals surface area contributed by atoms with Gasteiger partial charge in [0.1, 0.15) is 0 Å². The Hall–Kier alpha value is -1.07. The van der Waals surface area contributed by atoms with Gasteiger partial charge in [0.25, 0.3) is 0 Å². The molecular formula is C13H16ClNO3S. The van der Waals surface area contributed by atoms with E-state index < -0.39 is 5.97 Å². The molecule has 1 heterocycles. The number of hydrogen-bond acceptors (Lipinski definition) is 3. The van der Waals surface area contributed by atoms with Crippen LogP contribution in [0.4, 0.5) is 0 Å². The zero-order valence-corrected chi connectivity index (χ0v) is 12.0. The molecule has 0 aliphatic heterocycles. The summed E-state index contributed by atoms with van der Waals surface area (Å²) < 4.78 is 0.685. The van der Waals surface area contributed by atoms with Crippen LogP contribution in [0.5, 0.6) is 0 Å². The number of nitrogens with one attached hydrogen (secondary N) is 1. The summed E-state index contributed by atoms with van der Waals surface area (Å²) in [6.07, 6.45) is 3.12. The number of hydrogen-bond donors (Lipinski definition) is 2. The lowest BCUT2D eigenvalue weighted by Gasteiger charge is -2.26. The topological polar surface area (TPSA) is 66.4 Å². The summed E-state index contributed by atoms with van der Waals surface area (Å²) >= 11 is 7.22. The highest BCUT2D eigenvalue weighted by Gasteiger charge is 2.26. The number of amides is 1. The number of carboxylic acids is 1. The van der Waals surface area contributed by atoms with Gasteiger partial charge >= 0.3 is 5.97 Å². The Bertz CT molecular complexity index is 466. The monoisotopic (exact) mass is 301 g/mol. The van der Waals surface area contributed by atoms with E-state index in [1.165, 1.54) is 11.3 Å². The maximum Gasteiger partial charge on any atom is 0.306 e. The third kappa shape index (κ3) is 4.21. The van der Waals surface area contributed by atoms with Crippen LogP contribution in [0.3, 0.4) is 0 Å². The van der Waals surface area contributed by atoms with Gasteiger partial charge in [-0.1, -0.05) is 11.6 Å². The van der Waals surface area contributed by atoms with E-state index in [2.05, 4.69) is 5.32 Å². The summed E-state index contributed by atoms with van der Waals surface area (Å²) in [4.78, 5) is 23.6. The first kappa shape index (κ1) is 14.3. The number of carbonyl (C=O) groups is 2. The van der Waals surface area contributed by atoms with Crippen molar-refractivity contribution < 1.29 is 14.7 Å². The molecule has 1 aliphatic rings. The molecule has 19 heavy (non-hydrogen) atoms. The molecule has 1 aliphatic carbocycles. The van der Waals surface area contributed by atoms with Crippen molar-refractivity contribution in [2.24, 2.45) is 5.92 Å². The van der Waals surface area contributed by atoms with Crippen LogP contribution >= 0.6 is 22.9 Å². The highest BCUT2D eigenvalue weighted by molar-refractivity contribution is 7.16. The van der Waals surface area contributed by atoms with Crippen molar-refractivity contribution in [3.63, 3.8) is 0 Å². The van der Waals surface area contributed by atoms with Crippen molar-refractivity contribution in [2.45, 2.75) is 38.1 Å². The normalized spacial score (nSPS) is 23.0. The van der Waals surface area contributed by atoms with E-state index in [0.717, 1.165) is 17.7 Å². The third-order valence-corrected chi connectivity index (χ3v) is 4.64. The van der Waals surface area contributed by atoms with Crippen LogP contribution in [-0.4, -0.2) is 23.0 Å². The number of aliphatic carboxylic acids is 1. The average molecular weight is 302 g/mol. The second-order valence-corrected chi connectivity index (χ2v) is 6.64. The van der Waals surface area contributed by atoms with Crippen molar-refractivity contribution in [1.82, 2.24) is 5.32 Å². The van der Waals surface area contributed by atoms with Gasteiger partial charge in [0.2, 0.25) is 5.91 Å². The van der Waals surface area contributed by atoms with Crippen LogP contribution < -0.4 is 5.32 Å². The van der Waals surface area contributed by atoms with E-state index in [4.69, 9.17) is 16.7 Å². The van der Waals surface area contributed by atoms with Gasteiger partial charge < -0.3 is 10.4 Å². The van der Waals surface area contributed by atoms with Gasteiger partial charge in [0.15, 0.2) is 0 Å². The van der Waals surface area contributed by atoms with E-state index in [1.54, 1.807) is 6.07 Å². The summed E-state index contributed by atoms with van der Waals surface area (Å²) in [5, 5.41) is 11.9. The van der Waals surface area contributed by atoms with Gasteiger partial charge in [-0.3, -0.25) is 9.59 Å². The molecule has 0 unspecified atom stereocenters. The van der Waals surface area contributed by atoms with Crippen LogP contribution in [0, 0.1) is 5.92 Å². The zero-order valence-electron chi connectivity index (χ0n) is 10.4. The van der Waals surface area contributed by atoms with E-state index in [-0.39, 0.29) is 17.9 Å². The highest BCUT2D eigenvalue weighted by atomic mass is 35.5. The van der Waals surface area contributed by atoms with Gasteiger partial charge in [0.05, 0.1) is 16.7 Å². The predicted octanol–water partition coefficient (Wildman–Crippen LogP) is 2.70. The Kier molecular flexibility index (Phi) is 4.82. The fraction of sp³-hybridized carbons (Fsp3) is 0.538. The molecule has 2 N–H and O–H groups in total. The summed E-state index contributed by atoms with van der Waals surface area (Å²) in [6.45, 7) is 0. The maximum absolute atomic E-state index is 11.8. The Labute approximate surface area is 120 Å². The molecule has 0 saturated heterocycles. The first-order chi connectivity index (χ1) is 9.04. The predicted molar refractivity (Wildman–Crippen MR) is 74.6 cm³/mol. The van der Waals surface area contributed by atoms with Gasteiger partial charge in [-0.05, 0) is 37.8 Å². The molecule has 0 aromatic carbocycles. The molecular weight excluding hydrogens is 286 g/mol. The summed E-state index contributed by atoms with van der Waals surface area (Å²) in [5.74, 6) is -0.987. The molecule has 1 aromatic rings. The van der Waals surface area contributed by atoms with Crippen molar-refractivity contribution >= 4 is 34.8 Å². The minimum Gasteiger partial charge on any atom is -0.481 e. The number of carboxylic acid groups (broad SMARTS) is 1. The van der Waals surface area contributed by atoms with Gasteiger partial charge in [0, 0.05) is 10.9 Å². The van der Waals surface area contributed by atoms with Crippen LogP contribution in [0.25, 0.3) is 0 Å². The molecule has 0 atom stereocenters. The summed E-state index contributed by atoms with van der Waals surface area (Å²) in [6, 6.07) is 3.75. The fourth-order valence-corrected chi connectivity index (χ4v) is 3.45. The number of halogens is 1. The fourth-order valence-electron chi connectivity index (χ4n) is 2.37. The first-order valence-electron chi connectivity index (χ1n) is 6.31. The third-order valence-electron chi connectivity index (χ3n) is 3.41. The molecule has 1 amide bonds. The van der Waals surface area contributed by atoms with E-state index in [1.807, 2.05) is 6.07 Å². The molecule has 0 bridgehead atoms. The van der Waals surface area contributed by atoms with E-state index in [9.17, 15) is 9.59 Å². The van der Waals surface area contributed by atoms with Crippen LogP contribution in [-0.2, 0) is 16.0 Å². The minimum atomic E-state index is -0.724. The number of carbonyl (C=O) groups excluding carboxylic acids is 1. The largest absolute Gasteiger partial charge is 0.481 e. The van der Waals surface area contributed by atoms with Crippen LogP contribution in [0.2, 0.25) is 4.34 Å². The lowest BCUT2D eigenvalue weighted by Crippen LogP contribution is -2.39. The Balaban J connectivity index is 1.76. The average Bonchev–Trinajstić information content (AvgIpc) is 2.75. The standard InChI is InChI=1S/C13H16ClNO3S/c14-11-6-5-10(19-11)7-12(16)15-9-3-1-8(2-4-9)13(17)18/h5-6,8-9H,1-4,7H2,(H,15,16)(H,17,18). The van der Waals surface area contributed by atoms with Crippen molar-refractivity contribution in [1.29, 1.82) is 0 Å². The molecule has 4 nitrogen and oxygen atoms in total. The highest BCUT2D eigenvalue weighted by Crippen LogP contribution is 2.25. The Morgan fingerprint density at radius 2 is 2.00 bits per heavy atom. The van der Waals surface area contributed by atoms with Gasteiger partial charge in [-0.15, -0.1) is 11.3 Å².